The van der Waals surface area contributed by atoms with E-state index in [0.717, 1.165) is 11.4 Å². The maximum atomic E-state index is 10.5. The second kappa shape index (κ2) is 4.77. The zero-order chi connectivity index (χ0) is 11.6. The molecule has 1 aromatic rings. The Morgan fingerprint density at radius 1 is 1.25 bits per heavy atom. The van der Waals surface area contributed by atoms with Crippen LogP contribution in [0.15, 0.2) is 24.3 Å². The summed E-state index contributed by atoms with van der Waals surface area (Å²) >= 11 is 5.85. The molecular formula is C14H19ClO. The molecular weight excluding hydrogens is 220 g/mol. The van der Waals surface area contributed by atoms with Gasteiger partial charge in [0.1, 0.15) is 0 Å². The normalized spacial score (nSPS) is 20.9. The molecule has 1 saturated carbocycles. The van der Waals surface area contributed by atoms with Crippen molar-refractivity contribution in [2.45, 2.75) is 44.6 Å². The number of benzene rings is 1. The highest BCUT2D eigenvalue weighted by molar-refractivity contribution is 6.30. The molecule has 88 valence electrons. The van der Waals surface area contributed by atoms with E-state index in [1.807, 2.05) is 31.2 Å². The second-order valence-electron chi connectivity index (χ2n) is 5.14. The summed E-state index contributed by atoms with van der Waals surface area (Å²) in [5.74, 6) is 0.461. The highest BCUT2D eigenvalue weighted by atomic mass is 35.5. The van der Waals surface area contributed by atoms with Crippen molar-refractivity contribution in [2.75, 3.05) is 0 Å². The molecule has 0 saturated heterocycles. The second-order valence-corrected chi connectivity index (χ2v) is 5.58. The predicted molar refractivity (Wildman–Crippen MR) is 67.7 cm³/mol. The van der Waals surface area contributed by atoms with Crippen molar-refractivity contribution in [1.29, 1.82) is 0 Å². The highest BCUT2D eigenvalue weighted by Gasteiger charge is 2.33. The van der Waals surface area contributed by atoms with Crippen molar-refractivity contribution in [3.63, 3.8) is 0 Å². The van der Waals surface area contributed by atoms with E-state index >= 15 is 0 Å². The Balaban J connectivity index is 2.04. The monoisotopic (exact) mass is 238 g/mol. The Hall–Kier alpha value is -0.530. The smallest absolute Gasteiger partial charge is 0.0687 e. The van der Waals surface area contributed by atoms with Gasteiger partial charge in [-0.3, -0.25) is 0 Å². The molecule has 1 aromatic carbocycles. The minimum absolute atomic E-state index is 0.461. The number of hydrogen-bond acceptors (Lipinski definition) is 1. The lowest BCUT2D eigenvalue weighted by molar-refractivity contribution is 0.00193. The quantitative estimate of drug-likeness (QED) is 0.849. The lowest BCUT2D eigenvalue weighted by Gasteiger charge is -2.30. The first-order valence-corrected chi connectivity index (χ1v) is 6.42. The minimum atomic E-state index is -0.565. The molecule has 16 heavy (non-hydrogen) atoms. The first-order valence-electron chi connectivity index (χ1n) is 6.05. The predicted octanol–water partition coefficient (Wildman–Crippen LogP) is 3.82. The molecule has 1 aliphatic rings. The molecule has 1 aliphatic carbocycles. The Morgan fingerprint density at radius 2 is 1.81 bits per heavy atom. The molecule has 0 aliphatic heterocycles. The van der Waals surface area contributed by atoms with Crippen LogP contribution in [0.3, 0.4) is 0 Å². The van der Waals surface area contributed by atoms with Crippen LogP contribution in [0.2, 0.25) is 5.02 Å². The van der Waals surface area contributed by atoms with E-state index in [1.54, 1.807) is 0 Å². The van der Waals surface area contributed by atoms with Crippen molar-refractivity contribution in [1.82, 2.24) is 0 Å². The largest absolute Gasteiger partial charge is 0.390 e. The third kappa shape index (κ3) is 2.78. The van der Waals surface area contributed by atoms with Crippen LogP contribution in [-0.4, -0.2) is 10.7 Å². The van der Waals surface area contributed by atoms with Gasteiger partial charge in [0.2, 0.25) is 0 Å². The lowest BCUT2D eigenvalue weighted by Crippen LogP contribution is -2.35. The molecule has 1 fully saturated rings. The van der Waals surface area contributed by atoms with Gasteiger partial charge in [-0.1, -0.05) is 36.6 Å². The Morgan fingerprint density at radius 3 is 2.38 bits per heavy atom. The number of hydrogen-bond donors (Lipinski definition) is 1. The van der Waals surface area contributed by atoms with E-state index < -0.39 is 5.60 Å². The van der Waals surface area contributed by atoms with Crippen LogP contribution in [0.25, 0.3) is 0 Å². The number of halogens is 1. The summed E-state index contributed by atoms with van der Waals surface area (Å²) in [7, 11) is 0. The molecule has 0 amide bonds. The fourth-order valence-electron chi connectivity index (χ4n) is 2.71. The minimum Gasteiger partial charge on any atom is -0.390 e. The summed E-state index contributed by atoms with van der Waals surface area (Å²) in [6, 6.07) is 7.79. The van der Waals surface area contributed by atoms with Gasteiger partial charge in [-0.15, -0.1) is 0 Å². The fourth-order valence-corrected chi connectivity index (χ4v) is 2.83. The van der Waals surface area contributed by atoms with E-state index in [2.05, 4.69) is 0 Å². The summed E-state index contributed by atoms with van der Waals surface area (Å²) in [5, 5.41) is 11.3. The SMILES string of the molecule is CC(O)(Cc1ccc(Cl)cc1)C1CCCC1. The van der Waals surface area contributed by atoms with Crippen molar-refractivity contribution >= 4 is 11.6 Å². The van der Waals surface area contributed by atoms with Gasteiger partial charge < -0.3 is 5.11 Å². The van der Waals surface area contributed by atoms with Gasteiger partial charge in [0, 0.05) is 11.4 Å². The van der Waals surface area contributed by atoms with E-state index in [9.17, 15) is 5.11 Å². The van der Waals surface area contributed by atoms with Gasteiger partial charge >= 0.3 is 0 Å². The van der Waals surface area contributed by atoms with Gasteiger partial charge in [0.15, 0.2) is 0 Å². The van der Waals surface area contributed by atoms with Gasteiger partial charge in [-0.2, -0.15) is 0 Å². The zero-order valence-corrected chi connectivity index (χ0v) is 10.5. The molecule has 1 atom stereocenters. The van der Waals surface area contributed by atoms with Crippen molar-refractivity contribution < 1.29 is 5.11 Å². The molecule has 0 spiro atoms. The zero-order valence-electron chi connectivity index (χ0n) is 9.75. The Labute approximate surface area is 102 Å². The van der Waals surface area contributed by atoms with Crippen LogP contribution in [0.5, 0.6) is 0 Å². The van der Waals surface area contributed by atoms with E-state index in [0.29, 0.717) is 5.92 Å². The van der Waals surface area contributed by atoms with Gasteiger partial charge in [-0.05, 0) is 43.4 Å². The van der Waals surface area contributed by atoms with Crippen LogP contribution in [-0.2, 0) is 6.42 Å². The van der Waals surface area contributed by atoms with Crippen molar-refractivity contribution in [3.8, 4) is 0 Å². The summed E-state index contributed by atoms with van der Waals surface area (Å²) in [5.41, 5.74) is 0.603. The standard InChI is InChI=1S/C14H19ClO/c1-14(16,12-4-2-3-5-12)10-11-6-8-13(15)9-7-11/h6-9,12,16H,2-5,10H2,1H3. The Bertz CT molecular complexity index is 336. The van der Waals surface area contributed by atoms with E-state index in [1.165, 1.54) is 31.2 Å². The maximum Gasteiger partial charge on any atom is 0.0687 e. The Kier molecular flexibility index (Phi) is 3.56. The molecule has 0 radical (unpaired) electrons. The van der Waals surface area contributed by atoms with Gasteiger partial charge in [-0.25, -0.2) is 0 Å². The van der Waals surface area contributed by atoms with Crippen LogP contribution >= 0.6 is 11.6 Å². The fraction of sp³-hybridized carbons (Fsp3) is 0.571. The molecule has 2 heteroatoms. The average Bonchev–Trinajstić information content (AvgIpc) is 2.75. The molecule has 0 bridgehead atoms. The van der Waals surface area contributed by atoms with Crippen molar-refractivity contribution in [2.24, 2.45) is 5.92 Å². The lowest BCUT2D eigenvalue weighted by atomic mass is 9.83. The summed E-state index contributed by atoms with van der Waals surface area (Å²) in [6.45, 7) is 1.97. The topological polar surface area (TPSA) is 20.2 Å². The maximum absolute atomic E-state index is 10.5. The van der Waals surface area contributed by atoms with Crippen LogP contribution in [0, 0.1) is 5.92 Å². The van der Waals surface area contributed by atoms with Crippen molar-refractivity contribution in [3.05, 3.63) is 34.9 Å². The average molecular weight is 239 g/mol. The van der Waals surface area contributed by atoms with Crippen LogP contribution in [0.1, 0.15) is 38.2 Å². The van der Waals surface area contributed by atoms with Gasteiger partial charge in [0.05, 0.1) is 5.60 Å². The first-order chi connectivity index (χ1) is 7.58. The third-order valence-corrected chi connectivity index (χ3v) is 3.96. The molecule has 1 unspecified atom stereocenters. The van der Waals surface area contributed by atoms with Gasteiger partial charge in [0.25, 0.3) is 0 Å². The van der Waals surface area contributed by atoms with Crippen LogP contribution in [0.4, 0.5) is 0 Å². The third-order valence-electron chi connectivity index (χ3n) is 3.71. The molecule has 0 heterocycles. The first kappa shape index (κ1) is 11.9. The van der Waals surface area contributed by atoms with E-state index in [-0.39, 0.29) is 0 Å². The molecule has 1 nitrogen and oxygen atoms in total. The highest BCUT2D eigenvalue weighted by Crippen LogP contribution is 2.35. The molecule has 0 aromatic heterocycles. The number of aliphatic hydroxyl groups is 1. The summed E-state index contributed by atoms with van der Waals surface area (Å²) < 4.78 is 0. The number of rotatable bonds is 3. The summed E-state index contributed by atoms with van der Waals surface area (Å²) in [4.78, 5) is 0. The van der Waals surface area contributed by atoms with E-state index in [4.69, 9.17) is 11.6 Å². The molecule has 2 rings (SSSR count). The van der Waals surface area contributed by atoms with Crippen LogP contribution < -0.4 is 0 Å². The molecule has 1 N–H and O–H groups in total. The summed E-state index contributed by atoms with van der Waals surface area (Å²) in [6.07, 6.45) is 5.60.